The largest absolute Gasteiger partial charge is 0.303 e. The number of rotatable bonds is 4. The van der Waals surface area contributed by atoms with Gasteiger partial charge in [-0.3, -0.25) is 9.59 Å². The number of aldehydes is 1. The van der Waals surface area contributed by atoms with Gasteiger partial charge >= 0.3 is 0 Å². The number of carbonyl (C=O) groups excluding carboxylic acids is 3. The minimum atomic E-state index is -0.847. The van der Waals surface area contributed by atoms with Gasteiger partial charge in [-0.05, 0) is 10.8 Å². The van der Waals surface area contributed by atoms with Crippen molar-refractivity contribution in [2.24, 2.45) is 22.7 Å². The molecule has 0 aromatic rings. The molecule has 0 bridgehead atoms. The Morgan fingerprint density at radius 2 is 1.29 bits per heavy atom. The zero-order valence-corrected chi connectivity index (χ0v) is 12.0. The topological polar surface area (TPSA) is 51.2 Å². The molecule has 0 radical (unpaired) electrons. The summed E-state index contributed by atoms with van der Waals surface area (Å²) >= 11 is 0. The summed E-state index contributed by atoms with van der Waals surface area (Å²) in [6.45, 7) is 12.9. The van der Waals surface area contributed by atoms with Crippen molar-refractivity contribution in [1.29, 1.82) is 0 Å². The molecule has 3 heteroatoms. The lowest BCUT2D eigenvalue weighted by Gasteiger charge is -2.29. The van der Waals surface area contributed by atoms with E-state index in [1.54, 1.807) is 27.7 Å². The van der Waals surface area contributed by atoms with E-state index in [4.69, 9.17) is 0 Å². The van der Waals surface area contributed by atoms with Gasteiger partial charge in [0.15, 0.2) is 0 Å². The number of hydrogen-bond donors (Lipinski definition) is 0. The van der Waals surface area contributed by atoms with Crippen LogP contribution in [-0.4, -0.2) is 17.9 Å². The summed E-state index contributed by atoms with van der Waals surface area (Å²) in [5.74, 6) is -2.22. The lowest BCUT2D eigenvalue weighted by Crippen LogP contribution is -2.40. The summed E-state index contributed by atoms with van der Waals surface area (Å²) in [5.41, 5.74) is -0.774. The van der Waals surface area contributed by atoms with Crippen LogP contribution in [0.1, 0.15) is 48.5 Å². The third kappa shape index (κ3) is 4.06. The fourth-order valence-electron chi connectivity index (χ4n) is 1.42. The van der Waals surface area contributed by atoms with Crippen LogP contribution < -0.4 is 0 Å². The van der Waals surface area contributed by atoms with Crippen molar-refractivity contribution in [3.8, 4) is 0 Å². The highest BCUT2D eigenvalue weighted by atomic mass is 16.2. The van der Waals surface area contributed by atoms with Crippen molar-refractivity contribution in [3.05, 3.63) is 0 Å². The van der Waals surface area contributed by atoms with Crippen LogP contribution in [0.25, 0.3) is 0 Å². The van der Waals surface area contributed by atoms with Gasteiger partial charge in [-0.2, -0.15) is 0 Å². The van der Waals surface area contributed by atoms with Crippen LogP contribution in [0.2, 0.25) is 0 Å². The van der Waals surface area contributed by atoms with E-state index in [9.17, 15) is 14.4 Å². The average Bonchev–Trinajstić information content (AvgIpc) is 2.12. The van der Waals surface area contributed by atoms with E-state index < -0.39 is 22.9 Å². The molecule has 0 aromatic heterocycles. The highest BCUT2D eigenvalue weighted by Crippen LogP contribution is 2.30. The Labute approximate surface area is 104 Å². The first-order valence-electron chi connectivity index (χ1n) is 5.96. The maximum absolute atomic E-state index is 12.0. The van der Waals surface area contributed by atoms with Gasteiger partial charge in [0.2, 0.25) is 11.6 Å². The molecule has 0 amide bonds. The Bertz CT molecular complexity index is 315. The fraction of sp³-hybridized carbons (Fsp3) is 0.786. The first-order chi connectivity index (χ1) is 7.42. The van der Waals surface area contributed by atoms with Gasteiger partial charge in [0, 0.05) is 5.92 Å². The Kier molecular flexibility index (Phi) is 4.81. The van der Waals surface area contributed by atoms with Crippen LogP contribution in [0.3, 0.4) is 0 Å². The van der Waals surface area contributed by atoms with E-state index >= 15 is 0 Å². The van der Waals surface area contributed by atoms with Crippen LogP contribution >= 0.6 is 0 Å². The molecule has 0 aromatic carbocycles. The predicted octanol–water partition coefficient (Wildman–Crippen LogP) is 2.67. The maximum Gasteiger partial charge on any atom is 0.209 e. The average molecular weight is 240 g/mol. The minimum absolute atomic E-state index is 0.266. The van der Waals surface area contributed by atoms with Gasteiger partial charge in [0.05, 0.1) is 5.92 Å². The van der Waals surface area contributed by atoms with E-state index in [0.29, 0.717) is 6.29 Å². The molecule has 2 atom stereocenters. The zero-order chi connectivity index (χ0) is 14.0. The first kappa shape index (κ1) is 16.0. The van der Waals surface area contributed by atoms with E-state index in [2.05, 4.69) is 0 Å². The van der Waals surface area contributed by atoms with Gasteiger partial charge in [0.25, 0.3) is 0 Å². The summed E-state index contributed by atoms with van der Waals surface area (Å²) in [6.07, 6.45) is 0.593. The third-order valence-corrected chi connectivity index (χ3v) is 3.29. The van der Waals surface area contributed by atoms with Crippen molar-refractivity contribution in [2.75, 3.05) is 0 Å². The van der Waals surface area contributed by atoms with Gasteiger partial charge in [-0.15, -0.1) is 0 Å². The van der Waals surface area contributed by atoms with Crippen molar-refractivity contribution < 1.29 is 14.4 Å². The molecule has 0 saturated carbocycles. The number of hydrogen-bond acceptors (Lipinski definition) is 3. The summed E-state index contributed by atoms with van der Waals surface area (Å²) in [7, 11) is 0. The number of carbonyl (C=O) groups is 3. The van der Waals surface area contributed by atoms with Gasteiger partial charge in [-0.25, -0.2) is 0 Å². The van der Waals surface area contributed by atoms with Crippen molar-refractivity contribution >= 4 is 17.9 Å². The normalized spacial score (nSPS) is 16.2. The summed E-state index contributed by atoms with van der Waals surface area (Å²) < 4.78 is 0. The molecule has 2 unspecified atom stereocenters. The Morgan fingerprint density at radius 3 is 1.53 bits per heavy atom. The lowest BCUT2D eigenvalue weighted by molar-refractivity contribution is -0.146. The maximum atomic E-state index is 12.0. The molecule has 0 fully saturated rings. The molecule has 0 heterocycles. The highest BCUT2D eigenvalue weighted by Gasteiger charge is 2.39. The standard InChI is InChI=1S/C14H24O3/c1-9(13(2,3)4)11(16)12(17)10(8-15)14(5,6)7/h8-10H,1-7H3. The minimum Gasteiger partial charge on any atom is -0.303 e. The molecule has 0 spiro atoms. The predicted molar refractivity (Wildman–Crippen MR) is 67.6 cm³/mol. The first-order valence-corrected chi connectivity index (χ1v) is 5.96. The van der Waals surface area contributed by atoms with Crippen molar-refractivity contribution in [3.63, 3.8) is 0 Å². The van der Waals surface area contributed by atoms with Crippen LogP contribution in [0, 0.1) is 22.7 Å². The second-order valence-electron chi connectivity index (χ2n) is 6.80. The molecular formula is C14H24O3. The summed E-state index contributed by atoms with van der Waals surface area (Å²) in [4.78, 5) is 35.1. The molecule has 17 heavy (non-hydrogen) atoms. The second kappa shape index (κ2) is 5.11. The Morgan fingerprint density at radius 1 is 0.882 bits per heavy atom. The molecule has 0 rings (SSSR count). The van der Waals surface area contributed by atoms with Gasteiger partial charge in [-0.1, -0.05) is 48.5 Å². The molecule has 0 aliphatic heterocycles. The third-order valence-electron chi connectivity index (χ3n) is 3.29. The Balaban J connectivity index is 5.07. The SMILES string of the molecule is CC(C(=O)C(=O)C(C=O)C(C)(C)C)C(C)(C)C. The summed E-state index contributed by atoms with van der Waals surface area (Å²) in [5, 5.41) is 0. The smallest absolute Gasteiger partial charge is 0.209 e. The van der Waals surface area contributed by atoms with Crippen molar-refractivity contribution in [2.45, 2.75) is 48.5 Å². The fourth-order valence-corrected chi connectivity index (χ4v) is 1.42. The highest BCUT2D eigenvalue weighted by molar-refractivity contribution is 6.41. The molecule has 3 nitrogen and oxygen atoms in total. The molecule has 0 aliphatic rings. The lowest BCUT2D eigenvalue weighted by atomic mass is 9.72. The quantitative estimate of drug-likeness (QED) is 0.431. The number of Topliss-reactive ketones (excluding diaryl/α,β-unsaturated/α-hetero) is 2. The molecule has 0 aliphatic carbocycles. The number of ketones is 2. The van der Waals surface area contributed by atoms with E-state index in [1.165, 1.54) is 0 Å². The van der Waals surface area contributed by atoms with Crippen LogP contribution in [-0.2, 0) is 14.4 Å². The molecule has 98 valence electrons. The molecule has 0 N–H and O–H groups in total. The summed E-state index contributed by atoms with van der Waals surface area (Å²) in [6, 6.07) is 0. The zero-order valence-electron chi connectivity index (χ0n) is 12.0. The van der Waals surface area contributed by atoms with E-state index in [1.807, 2.05) is 20.8 Å². The molecule has 0 saturated heterocycles. The second-order valence-corrected chi connectivity index (χ2v) is 6.80. The van der Waals surface area contributed by atoms with Crippen LogP contribution in [0.5, 0.6) is 0 Å². The molecular weight excluding hydrogens is 216 g/mol. The van der Waals surface area contributed by atoms with Gasteiger partial charge < -0.3 is 4.79 Å². The van der Waals surface area contributed by atoms with E-state index in [-0.39, 0.29) is 11.3 Å². The Hall–Kier alpha value is -0.990. The van der Waals surface area contributed by atoms with Crippen molar-refractivity contribution in [1.82, 2.24) is 0 Å². The van der Waals surface area contributed by atoms with Crippen LogP contribution in [0.4, 0.5) is 0 Å². The van der Waals surface area contributed by atoms with Crippen LogP contribution in [0.15, 0.2) is 0 Å². The van der Waals surface area contributed by atoms with Gasteiger partial charge in [0.1, 0.15) is 6.29 Å². The monoisotopic (exact) mass is 240 g/mol. The van der Waals surface area contributed by atoms with E-state index in [0.717, 1.165) is 0 Å².